The lowest BCUT2D eigenvalue weighted by molar-refractivity contribution is -0.154. The first-order chi connectivity index (χ1) is 11.3. The normalized spacial score (nSPS) is 19.1. The SMILES string of the molecule is C[C@H]1COCCN1CC(=O)NCc1ccnc(OCC(F)(F)F)c1. The molecule has 0 spiro atoms. The van der Waals surface area contributed by atoms with Gasteiger partial charge in [0.05, 0.1) is 19.8 Å². The number of pyridine rings is 1. The number of hydrogen-bond acceptors (Lipinski definition) is 5. The average Bonchev–Trinajstić information content (AvgIpc) is 2.53. The summed E-state index contributed by atoms with van der Waals surface area (Å²) in [4.78, 5) is 17.7. The van der Waals surface area contributed by atoms with Gasteiger partial charge in [-0.1, -0.05) is 0 Å². The van der Waals surface area contributed by atoms with E-state index in [9.17, 15) is 18.0 Å². The Morgan fingerprint density at radius 1 is 1.54 bits per heavy atom. The molecule has 6 nitrogen and oxygen atoms in total. The molecule has 0 aromatic carbocycles. The van der Waals surface area contributed by atoms with Gasteiger partial charge in [0.15, 0.2) is 6.61 Å². The van der Waals surface area contributed by atoms with Crippen molar-refractivity contribution in [3.8, 4) is 5.88 Å². The summed E-state index contributed by atoms with van der Waals surface area (Å²) in [7, 11) is 0. The van der Waals surface area contributed by atoms with E-state index in [1.807, 2.05) is 11.8 Å². The zero-order valence-electron chi connectivity index (χ0n) is 13.3. The molecule has 1 aromatic rings. The summed E-state index contributed by atoms with van der Waals surface area (Å²) in [5.74, 6) is -0.279. The molecule has 1 saturated heterocycles. The highest BCUT2D eigenvalue weighted by molar-refractivity contribution is 5.78. The first-order valence-electron chi connectivity index (χ1n) is 7.56. The van der Waals surface area contributed by atoms with Crippen LogP contribution in [0.3, 0.4) is 0 Å². The number of ether oxygens (including phenoxy) is 2. The average molecular weight is 347 g/mol. The Morgan fingerprint density at radius 3 is 3.04 bits per heavy atom. The number of carbonyl (C=O) groups excluding carboxylic acids is 1. The molecule has 1 aliphatic heterocycles. The van der Waals surface area contributed by atoms with E-state index in [4.69, 9.17) is 4.74 Å². The Balaban J connectivity index is 1.79. The van der Waals surface area contributed by atoms with Crippen LogP contribution in [0.1, 0.15) is 12.5 Å². The van der Waals surface area contributed by atoms with Gasteiger partial charge in [0.25, 0.3) is 0 Å². The molecule has 0 aliphatic carbocycles. The fourth-order valence-electron chi connectivity index (χ4n) is 2.23. The lowest BCUT2D eigenvalue weighted by Gasteiger charge is -2.32. The van der Waals surface area contributed by atoms with Gasteiger partial charge >= 0.3 is 6.18 Å². The summed E-state index contributed by atoms with van der Waals surface area (Å²) in [6.45, 7) is 2.93. The first-order valence-corrected chi connectivity index (χ1v) is 7.56. The predicted molar refractivity (Wildman–Crippen MR) is 79.5 cm³/mol. The van der Waals surface area contributed by atoms with Gasteiger partial charge in [-0.15, -0.1) is 0 Å². The molecule has 0 saturated carbocycles. The van der Waals surface area contributed by atoms with E-state index in [-0.39, 0.29) is 30.9 Å². The summed E-state index contributed by atoms with van der Waals surface area (Å²) < 4.78 is 46.3. The molecule has 1 N–H and O–H groups in total. The molecule has 9 heteroatoms. The molecule has 0 unspecified atom stereocenters. The molecule has 2 rings (SSSR count). The second-order valence-electron chi connectivity index (χ2n) is 5.58. The molecule has 1 amide bonds. The van der Waals surface area contributed by atoms with Crippen molar-refractivity contribution in [3.63, 3.8) is 0 Å². The van der Waals surface area contributed by atoms with Crippen LogP contribution in [-0.2, 0) is 16.1 Å². The van der Waals surface area contributed by atoms with Crippen LogP contribution >= 0.6 is 0 Å². The van der Waals surface area contributed by atoms with Gasteiger partial charge in [-0.3, -0.25) is 9.69 Å². The van der Waals surface area contributed by atoms with Gasteiger partial charge < -0.3 is 14.8 Å². The molecule has 1 aliphatic rings. The van der Waals surface area contributed by atoms with Crippen molar-refractivity contribution < 1.29 is 27.4 Å². The summed E-state index contributed by atoms with van der Waals surface area (Å²) in [5, 5.41) is 2.74. The third-order valence-electron chi connectivity index (χ3n) is 3.52. The van der Waals surface area contributed by atoms with Gasteiger partial charge in [0.2, 0.25) is 11.8 Å². The highest BCUT2D eigenvalue weighted by Gasteiger charge is 2.28. The maximum atomic E-state index is 12.1. The standard InChI is InChI=1S/C15H20F3N3O3/c1-11-9-23-5-4-21(11)8-13(22)20-7-12-2-3-19-14(6-12)24-10-15(16,17)18/h2-3,6,11H,4-5,7-10H2,1H3,(H,20,22)/t11-/m0/s1. The summed E-state index contributed by atoms with van der Waals surface area (Å²) in [6, 6.07) is 3.16. The second kappa shape index (κ2) is 8.29. The number of nitrogens with zero attached hydrogens (tertiary/aromatic N) is 2. The topological polar surface area (TPSA) is 63.7 Å². The summed E-state index contributed by atoms with van der Waals surface area (Å²) in [6.07, 6.45) is -3.07. The van der Waals surface area contributed by atoms with E-state index in [2.05, 4.69) is 15.0 Å². The molecule has 1 aromatic heterocycles. The van der Waals surface area contributed by atoms with Gasteiger partial charge in [0, 0.05) is 31.4 Å². The van der Waals surface area contributed by atoms with Crippen LogP contribution in [0.5, 0.6) is 5.88 Å². The minimum atomic E-state index is -4.42. The fourth-order valence-corrected chi connectivity index (χ4v) is 2.23. The second-order valence-corrected chi connectivity index (χ2v) is 5.58. The summed E-state index contributed by atoms with van der Waals surface area (Å²) in [5.41, 5.74) is 0.616. The monoisotopic (exact) mass is 347 g/mol. The van der Waals surface area contributed by atoms with E-state index in [1.165, 1.54) is 12.3 Å². The highest BCUT2D eigenvalue weighted by atomic mass is 19.4. The first kappa shape index (κ1) is 18.5. The van der Waals surface area contributed by atoms with Crippen LogP contribution < -0.4 is 10.1 Å². The molecule has 2 heterocycles. The number of amides is 1. The van der Waals surface area contributed by atoms with E-state index in [1.54, 1.807) is 6.07 Å². The largest absolute Gasteiger partial charge is 0.468 e. The molecule has 134 valence electrons. The maximum Gasteiger partial charge on any atom is 0.422 e. The number of nitrogens with one attached hydrogen (secondary N) is 1. The third-order valence-corrected chi connectivity index (χ3v) is 3.52. The van der Waals surface area contributed by atoms with Crippen molar-refractivity contribution in [2.24, 2.45) is 0 Å². The number of halogens is 3. The van der Waals surface area contributed by atoms with Crippen molar-refractivity contribution >= 4 is 5.91 Å². The molecule has 1 fully saturated rings. The van der Waals surface area contributed by atoms with Gasteiger partial charge in [0.1, 0.15) is 0 Å². The Hall–Kier alpha value is -1.87. The van der Waals surface area contributed by atoms with E-state index >= 15 is 0 Å². The lowest BCUT2D eigenvalue weighted by Crippen LogP contribution is -2.48. The quantitative estimate of drug-likeness (QED) is 0.842. The predicted octanol–water partition coefficient (Wildman–Crippen LogP) is 1.36. The van der Waals surface area contributed by atoms with Crippen molar-refractivity contribution in [3.05, 3.63) is 23.9 Å². The molecule has 1 atom stereocenters. The zero-order valence-corrected chi connectivity index (χ0v) is 13.3. The van der Waals surface area contributed by atoms with Crippen LogP contribution in [0, 0.1) is 0 Å². The number of carbonyl (C=O) groups is 1. The number of hydrogen-bond donors (Lipinski definition) is 1. The zero-order chi connectivity index (χ0) is 17.6. The van der Waals surface area contributed by atoms with Gasteiger partial charge in [-0.2, -0.15) is 13.2 Å². The van der Waals surface area contributed by atoms with Crippen molar-refractivity contribution in [1.29, 1.82) is 0 Å². The van der Waals surface area contributed by atoms with Gasteiger partial charge in [-0.25, -0.2) is 4.98 Å². The Bertz CT molecular complexity index is 554. The molecular formula is C15H20F3N3O3. The Labute approximate surface area is 137 Å². The third kappa shape index (κ3) is 6.32. The number of morpholine rings is 1. The Morgan fingerprint density at radius 2 is 2.33 bits per heavy atom. The van der Waals surface area contributed by atoms with E-state index in [0.717, 1.165) is 0 Å². The van der Waals surface area contributed by atoms with Crippen molar-refractivity contribution in [1.82, 2.24) is 15.2 Å². The molecule has 0 bridgehead atoms. The molecule has 0 radical (unpaired) electrons. The van der Waals surface area contributed by atoms with Crippen molar-refractivity contribution in [2.45, 2.75) is 25.7 Å². The van der Waals surface area contributed by atoms with Gasteiger partial charge in [-0.05, 0) is 18.6 Å². The number of aromatic nitrogens is 1. The molecule has 24 heavy (non-hydrogen) atoms. The molecular weight excluding hydrogens is 327 g/mol. The van der Waals surface area contributed by atoms with E-state index < -0.39 is 12.8 Å². The van der Waals surface area contributed by atoms with Crippen LogP contribution in [-0.4, -0.2) is 60.9 Å². The Kier molecular flexibility index (Phi) is 6.38. The smallest absolute Gasteiger partial charge is 0.422 e. The lowest BCUT2D eigenvalue weighted by atomic mass is 10.2. The number of alkyl halides is 3. The highest BCUT2D eigenvalue weighted by Crippen LogP contribution is 2.17. The minimum absolute atomic E-state index is 0.124. The van der Waals surface area contributed by atoms with E-state index in [0.29, 0.717) is 25.3 Å². The minimum Gasteiger partial charge on any atom is -0.468 e. The van der Waals surface area contributed by atoms with Crippen LogP contribution in [0.15, 0.2) is 18.3 Å². The fraction of sp³-hybridized carbons (Fsp3) is 0.600. The van der Waals surface area contributed by atoms with Crippen LogP contribution in [0.25, 0.3) is 0 Å². The van der Waals surface area contributed by atoms with Crippen LogP contribution in [0.2, 0.25) is 0 Å². The van der Waals surface area contributed by atoms with Crippen LogP contribution in [0.4, 0.5) is 13.2 Å². The summed E-state index contributed by atoms with van der Waals surface area (Å²) >= 11 is 0. The maximum absolute atomic E-state index is 12.1. The van der Waals surface area contributed by atoms with Crippen molar-refractivity contribution in [2.75, 3.05) is 32.9 Å². The number of rotatable bonds is 6.